The number of hydrogen-bond donors (Lipinski definition) is 2. The lowest BCUT2D eigenvalue weighted by Gasteiger charge is -2.17. The molecule has 2 heterocycles. The molecule has 108 valence electrons. The quantitative estimate of drug-likeness (QED) is 0.887. The number of fused-ring (bicyclic) bond motifs is 1. The predicted octanol–water partition coefficient (Wildman–Crippen LogP) is 2.43. The molecule has 6 heteroatoms. The van der Waals surface area contributed by atoms with Crippen molar-refractivity contribution in [2.24, 2.45) is 0 Å². The van der Waals surface area contributed by atoms with Gasteiger partial charge in [0.2, 0.25) is 11.8 Å². The van der Waals surface area contributed by atoms with Gasteiger partial charge in [0.25, 0.3) is 5.91 Å². The van der Waals surface area contributed by atoms with Gasteiger partial charge in [0.15, 0.2) is 0 Å². The van der Waals surface area contributed by atoms with E-state index >= 15 is 0 Å². The predicted molar refractivity (Wildman–Crippen MR) is 77.3 cm³/mol. The maximum Gasteiger partial charge on any atom is 0.258 e. The summed E-state index contributed by atoms with van der Waals surface area (Å²) in [5, 5.41) is 9.30. The highest BCUT2D eigenvalue weighted by Gasteiger charge is 2.18. The molecule has 21 heavy (non-hydrogen) atoms. The number of amides is 2. The number of rotatable bonds is 2. The molecule has 0 saturated carbocycles. The van der Waals surface area contributed by atoms with Crippen molar-refractivity contribution in [3.05, 3.63) is 40.6 Å². The minimum absolute atomic E-state index is 0.00691. The Hall–Kier alpha value is -2.63. The molecule has 0 aliphatic carbocycles. The van der Waals surface area contributed by atoms with Crippen LogP contribution in [0.25, 0.3) is 0 Å². The van der Waals surface area contributed by atoms with Crippen LogP contribution < -0.4 is 10.6 Å². The Kier molecular flexibility index (Phi) is 3.21. The fraction of sp³-hybridized carbons (Fsp3) is 0.267. The lowest BCUT2D eigenvalue weighted by Crippen LogP contribution is -2.20. The summed E-state index contributed by atoms with van der Waals surface area (Å²) in [6.45, 7) is 3.65. The monoisotopic (exact) mass is 285 g/mol. The zero-order valence-electron chi connectivity index (χ0n) is 11.8. The highest BCUT2D eigenvalue weighted by atomic mass is 16.5. The van der Waals surface area contributed by atoms with Crippen molar-refractivity contribution in [3.63, 3.8) is 0 Å². The smallest absolute Gasteiger partial charge is 0.258 e. The summed E-state index contributed by atoms with van der Waals surface area (Å²) < 4.78 is 5.07. The molecule has 6 nitrogen and oxygen atoms in total. The van der Waals surface area contributed by atoms with Gasteiger partial charge in [0.05, 0.1) is 5.69 Å². The minimum Gasteiger partial charge on any atom is -0.338 e. The van der Waals surface area contributed by atoms with Gasteiger partial charge in [-0.2, -0.15) is 0 Å². The van der Waals surface area contributed by atoms with E-state index in [0.717, 1.165) is 22.5 Å². The van der Waals surface area contributed by atoms with E-state index in [1.807, 2.05) is 13.8 Å². The number of nitrogens with zero attached hydrogens (tertiary/aromatic N) is 1. The number of carbonyl (C=O) groups excluding carboxylic acids is 2. The topological polar surface area (TPSA) is 84.2 Å². The van der Waals surface area contributed by atoms with Crippen molar-refractivity contribution < 1.29 is 14.1 Å². The summed E-state index contributed by atoms with van der Waals surface area (Å²) in [5.74, 6) is 0.116. The molecule has 0 spiro atoms. The van der Waals surface area contributed by atoms with Gasteiger partial charge in [0.1, 0.15) is 0 Å². The lowest BCUT2D eigenvalue weighted by molar-refractivity contribution is -0.116. The zero-order chi connectivity index (χ0) is 15.0. The Morgan fingerprint density at radius 3 is 2.86 bits per heavy atom. The molecule has 1 aliphatic rings. The third-order valence-corrected chi connectivity index (χ3v) is 3.65. The van der Waals surface area contributed by atoms with Gasteiger partial charge in [-0.3, -0.25) is 14.9 Å². The van der Waals surface area contributed by atoms with Crippen molar-refractivity contribution in [1.29, 1.82) is 0 Å². The van der Waals surface area contributed by atoms with Crippen molar-refractivity contribution in [2.45, 2.75) is 26.7 Å². The summed E-state index contributed by atoms with van der Waals surface area (Å²) in [7, 11) is 0. The number of aryl methyl sites for hydroxylation is 2. The average molecular weight is 285 g/mol. The van der Waals surface area contributed by atoms with E-state index in [1.165, 1.54) is 0 Å². The number of benzene rings is 1. The molecular formula is C15H15N3O3. The van der Waals surface area contributed by atoms with Gasteiger partial charge >= 0.3 is 0 Å². The van der Waals surface area contributed by atoms with Crippen LogP contribution in [0, 0.1) is 13.8 Å². The fourth-order valence-corrected chi connectivity index (χ4v) is 2.23. The van der Waals surface area contributed by atoms with E-state index < -0.39 is 0 Å². The highest BCUT2D eigenvalue weighted by Crippen LogP contribution is 2.24. The second-order valence-electron chi connectivity index (χ2n) is 5.10. The second kappa shape index (κ2) is 5.05. The van der Waals surface area contributed by atoms with Crippen molar-refractivity contribution in [3.8, 4) is 0 Å². The second-order valence-corrected chi connectivity index (χ2v) is 5.10. The number of nitrogens with one attached hydrogen (secondary N) is 2. The highest BCUT2D eigenvalue weighted by molar-refractivity contribution is 6.05. The van der Waals surface area contributed by atoms with E-state index in [4.69, 9.17) is 4.52 Å². The minimum atomic E-state index is -0.256. The largest absolute Gasteiger partial charge is 0.338 e. The van der Waals surface area contributed by atoms with Gasteiger partial charge in [-0.05, 0) is 44.0 Å². The molecule has 2 N–H and O–H groups in total. The SMILES string of the molecule is Cc1noc(NC(=O)c2ccc3c(c2)CCC(=O)N3)c1C. The van der Waals surface area contributed by atoms with Crippen LogP contribution >= 0.6 is 0 Å². The lowest BCUT2D eigenvalue weighted by atomic mass is 10.00. The molecule has 0 bridgehead atoms. The molecule has 3 rings (SSSR count). The molecule has 0 unspecified atom stereocenters. The number of hydrogen-bond acceptors (Lipinski definition) is 4. The van der Waals surface area contributed by atoms with Crippen molar-refractivity contribution in [2.75, 3.05) is 10.6 Å². The summed E-state index contributed by atoms with van der Waals surface area (Å²) >= 11 is 0. The summed E-state index contributed by atoms with van der Waals surface area (Å²) in [5.41, 5.74) is 3.83. The number of aromatic nitrogens is 1. The zero-order valence-corrected chi connectivity index (χ0v) is 11.8. The van der Waals surface area contributed by atoms with Crippen LogP contribution in [0.1, 0.15) is 33.6 Å². The number of carbonyl (C=O) groups is 2. The fourth-order valence-electron chi connectivity index (χ4n) is 2.23. The first-order valence-corrected chi connectivity index (χ1v) is 6.71. The third kappa shape index (κ3) is 2.52. The van der Waals surface area contributed by atoms with Crippen LogP contribution in [0.2, 0.25) is 0 Å². The van der Waals surface area contributed by atoms with E-state index in [-0.39, 0.29) is 11.8 Å². The Morgan fingerprint density at radius 1 is 1.33 bits per heavy atom. The molecule has 1 aromatic carbocycles. The van der Waals surface area contributed by atoms with Crippen LogP contribution in [0.4, 0.5) is 11.6 Å². The third-order valence-electron chi connectivity index (χ3n) is 3.65. The molecular weight excluding hydrogens is 270 g/mol. The Balaban J connectivity index is 1.82. The van der Waals surface area contributed by atoms with E-state index in [0.29, 0.717) is 24.3 Å². The Morgan fingerprint density at radius 2 is 2.14 bits per heavy atom. The molecule has 0 saturated heterocycles. The average Bonchev–Trinajstić information content (AvgIpc) is 2.78. The maximum atomic E-state index is 12.2. The van der Waals surface area contributed by atoms with Crippen LogP contribution in [0.5, 0.6) is 0 Å². The molecule has 0 atom stereocenters. The van der Waals surface area contributed by atoms with Crippen LogP contribution in [0.3, 0.4) is 0 Å². The molecule has 2 aromatic rings. The molecule has 0 fully saturated rings. The maximum absolute atomic E-state index is 12.2. The Bertz CT molecular complexity index is 734. The van der Waals surface area contributed by atoms with Crippen LogP contribution in [-0.2, 0) is 11.2 Å². The van der Waals surface area contributed by atoms with Gasteiger partial charge in [-0.1, -0.05) is 5.16 Å². The van der Waals surface area contributed by atoms with Gasteiger partial charge in [-0.15, -0.1) is 0 Å². The van der Waals surface area contributed by atoms with Crippen LogP contribution in [-0.4, -0.2) is 17.0 Å². The normalized spacial score (nSPS) is 13.5. The first kappa shape index (κ1) is 13.4. The Labute approximate surface area is 121 Å². The molecule has 1 aromatic heterocycles. The number of anilines is 2. The van der Waals surface area contributed by atoms with Gasteiger partial charge in [-0.25, -0.2) is 0 Å². The molecule has 1 aliphatic heterocycles. The van der Waals surface area contributed by atoms with Gasteiger partial charge in [0, 0.05) is 23.2 Å². The summed E-state index contributed by atoms with van der Waals surface area (Å²) in [4.78, 5) is 23.6. The standard InChI is InChI=1S/C15H15N3O3/c1-8-9(2)18-21-15(8)17-14(20)11-3-5-12-10(7-11)4-6-13(19)16-12/h3,5,7H,4,6H2,1-2H3,(H,16,19)(H,17,20). The molecule has 2 amide bonds. The van der Waals surface area contributed by atoms with Crippen molar-refractivity contribution >= 4 is 23.4 Å². The van der Waals surface area contributed by atoms with Crippen LogP contribution in [0.15, 0.2) is 22.7 Å². The van der Waals surface area contributed by atoms with E-state index in [1.54, 1.807) is 18.2 Å². The van der Waals surface area contributed by atoms with Gasteiger partial charge < -0.3 is 9.84 Å². The summed E-state index contributed by atoms with van der Waals surface area (Å²) in [6, 6.07) is 5.22. The van der Waals surface area contributed by atoms with E-state index in [9.17, 15) is 9.59 Å². The first-order chi connectivity index (χ1) is 10.0. The van der Waals surface area contributed by atoms with E-state index in [2.05, 4.69) is 15.8 Å². The first-order valence-electron chi connectivity index (χ1n) is 6.71. The summed E-state index contributed by atoms with van der Waals surface area (Å²) in [6.07, 6.45) is 1.08. The molecule has 0 radical (unpaired) electrons. The van der Waals surface area contributed by atoms with Crippen molar-refractivity contribution in [1.82, 2.24) is 5.16 Å².